The molecule has 7 heteroatoms. The molecule has 0 aromatic carbocycles. The third kappa shape index (κ3) is 6.75. The van der Waals surface area contributed by atoms with E-state index in [4.69, 9.17) is 0 Å². The lowest BCUT2D eigenvalue weighted by Gasteiger charge is -2.09. The minimum atomic E-state index is -4.91. The molecule has 0 rings (SSSR count). The molecule has 0 aromatic rings. The first-order valence-corrected chi connectivity index (χ1v) is 4.28. The maximum atomic E-state index is 11.7. The molecule has 0 radical (unpaired) electrons. The number of nitrogens with one attached hydrogen (secondary N) is 1. The van der Waals surface area contributed by atoms with Crippen molar-refractivity contribution in [2.75, 3.05) is 6.54 Å². The van der Waals surface area contributed by atoms with Gasteiger partial charge in [0.25, 0.3) is 0 Å². The van der Waals surface area contributed by atoms with Crippen LogP contribution in [0.2, 0.25) is 0 Å². The Morgan fingerprint density at radius 3 is 2.27 bits per heavy atom. The van der Waals surface area contributed by atoms with E-state index >= 15 is 0 Å². The van der Waals surface area contributed by atoms with Gasteiger partial charge in [0.1, 0.15) is 0 Å². The second kappa shape index (κ2) is 5.57. The molecular weight excluding hydrogens is 215 g/mol. The standard InChI is InChI=1S/C8H12F3NO3/c1-5(2)15-6(13)3-4-12-7(14)8(9,10)11/h5H,3-4H2,1-2H3,(H,12,14). The van der Waals surface area contributed by atoms with Crippen molar-refractivity contribution in [3.05, 3.63) is 0 Å². The molecule has 1 N–H and O–H groups in total. The summed E-state index contributed by atoms with van der Waals surface area (Å²) in [6.45, 7) is 2.85. The fourth-order valence-corrected chi connectivity index (χ4v) is 0.700. The summed E-state index contributed by atoms with van der Waals surface area (Å²) in [5, 5.41) is 1.56. The number of esters is 1. The molecule has 88 valence electrons. The van der Waals surface area contributed by atoms with Crippen molar-refractivity contribution in [1.29, 1.82) is 0 Å². The van der Waals surface area contributed by atoms with E-state index in [0.717, 1.165) is 0 Å². The van der Waals surface area contributed by atoms with E-state index in [1.807, 2.05) is 0 Å². The molecule has 0 unspecified atom stereocenters. The summed E-state index contributed by atoms with van der Waals surface area (Å²) < 4.78 is 39.6. The molecule has 0 aromatic heterocycles. The lowest BCUT2D eigenvalue weighted by atomic mass is 10.4. The minimum absolute atomic E-state index is 0.278. The topological polar surface area (TPSA) is 55.4 Å². The Balaban J connectivity index is 3.72. The molecule has 0 saturated heterocycles. The number of amides is 1. The predicted molar refractivity (Wildman–Crippen MR) is 44.9 cm³/mol. The summed E-state index contributed by atoms with van der Waals surface area (Å²) >= 11 is 0. The van der Waals surface area contributed by atoms with Crippen molar-refractivity contribution < 1.29 is 27.5 Å². The molecule has 0 bridgehead atoms. The zero-order chi connectivity index (χ0) is 12.1. The number of rotatable bonds is 4. The van der Waals surface area contributed by atoms with E-state index in [1.54, 1.807) is 19.2 Å². The molecule has 15 heavy (non-hydrogen) atoms. The van der Waals surface area contributed by atoms with Gasteiger partial charge in [0, 0.05) is 6.54 Å². The molecule has 4 nitrogen and oxygen atoms in total. The highest BCUT2D eigenvalue weighted by molar-refractivity contribution is 5.82. The van der Waals surface area contributed by atoms with E-state index < -0.39 is 18.1 Å². The molecule has 0 aliphatic carbocycles. The van der Waals surface area contributed by atoms with Crippen LogP contribution in [-0.2, 0) is 14.3 Å². The van der Waals surface area contributed by atoms with Gasteiger partial charge < -0.3 is 10.1 Å². The first-order valence-electron chi connectivity index (χ1n) is 4.28. The molecule has 0 aliphatic heterocycles. The number of carbonyl (C=O) groups is 2. The predicted octanol–water partition coefficient (Wildman–Crippen LogP) is 1.01. The summed E-state index contributed by atoms with van der Waals surface area (Å²) in [5.41, 5.74) is 0. The number of alkyl halides is 3. The van der Waals surface area contributed by atoms with Gasteiger partial charge in [-0.2, -0.15) is 13.2 Å². The second-order valence-electron chi connectivity index (χ2n) is 3.04. The third-order valence-corrected chi connectivity index (χ3v) is 1.24. The van der Waals surface area contributed by atoms with Crippen LogP contribution in [0.1, 0.15) is 20.3 Å². The van der Waals surface area contributed by atoms with Crippen molar-refractivity contribution >= 4 is 11.9 Å². The van der Waals surface area contributed by atoms with Gasteiger partial charge in [-0.25, -0.2) is 0 Å². The Morgan fingerprint density at radius 1 is 1.33 bits per heavy atom. The highest BCUT2D eigenvalue weighted by Crippen LogP contribution is 2.13. The number of hydrogen-bond donors (Lipinski definition) is 1. The first kappa shape index (κ1) is 13.7. The van der Waals surface area contributed by atoms with Gasteiger partial charge in [-0.05, 0) is 13.8 Å². The fourth-order valence-electron chi connectivity index (χ4n) is 0.700. The van der Waals surface area contributed by atoms with Gasteiger partial charge in [0.05, 0.1) is 12.5 Å². The summed E-state index contributed by atoms with van der Waals surface area (Å²) in [4.78, 5) is 21.1. The Morgan fingerprint density at radius 2 is 1.87 bits per heavy atom. The van der Waals surface area contributed by atoms with Crippen LogP contribution in [0.3, 0.4) is 0 Å². The Bertz CT molecular complexity index is 238. The maximum Gasteiger partial charge on any atom is 0.471 e. The van der Waals surface area contributed by atoms with Crippen molar-refractivity contribution in [3.8, 4) is 0 Å². The molecule has 0 heterocycles. The minimum Gasteiger partial charge on any atom is -0.463 e. The lowest BCUT2D eigenvalue weighted by Crippen LogP contribution is -2.38. The number of carbonyl (C=O) groups excluding carboxylic acids is 2. The highest BCUT2D eigenvalue weighted by atomic mass is 19.4. The zero-order valence-electron chi connectivity index (χ0n) is 8.35. The van der Waals surface area contributed by atoms with E-state index in [0.29, 0.717) is 0 Å². The van der Waals surface area contributed by atoms with Gasteiger partial charge in [-0.1, -0.05) is 0 Å². The summed E-state index contributed by atoms with van der Waals surface area (Å²) in [6.07, 6.45) is -5.52. The van der Waals surface area contributed by atoms with Crippen LogP contribution < -0.4 is 5.32 Å². The van der Waals surface area contributed by atoms with Gasteiger partial charge in [0.15, 0.2) is 0 Å². The molecule has 0 spiro atoms. The molecular formula is C8H12F3NO3. The third-order valence-electron chi connectivity index (χ3n) is 1.24. The van der Waals surface area contributed by atoms with Gasteiger partial charge in [0.2, 0.25) is 0 Å². The Kier molecular flexibility index (Phi) is 5.10. The van der Waals surface area contributed by atoms with Crippen LogP contribution in [-0.4, -0.2) is 30.7 Å². The number of ether oxygens (including phenoxy) is 1. The monoisotopic (exact) mass is 227 g/mol. The largest absolute Gasteiger partial charge is 0.471 e. The van der Waals surface area contributed by atoms with Crippen LogP contribution in [0, 0.1) is 0 Å². The van der Waals surface area contributed by atoms with Crippen molar-refractivity contribution in [3.63, 3.8) is 0 Å². The van der Waals surface area contributed by atoms with Crippen LogP contribution >= 0.6 is 0 Å². The summed E-state index contributed by atoms with van der Waals surface area (Å²) in [7, 11) is 0. The molecule has 0 saturated carbocycles. The average Bonchev–Trinajstić information content (AvgIpc) is 2.00. The van der Waals surface area contributed by atoms with E-state index in [2.05, 4.69) is 4.74 Å². The van der Waals surface area contributed by atoms with Crippen LogP contribution in [0.25, 0.3) is 0 Å². The highest BCUT2D eigenvalue weighted by Gasteiger charge is 2.38. The Hall–Kier alpha value is -1.27. The number of hydrogen-bond acceptors (Lipinski definition) is 3. The van der Waals surface area contributed by atoms with E-state index in [9.17, 15) is 22.8 Å². The van der Waals surface area contributed by atoms with Crippen molar-refractivity contribution in [1.82, 2.24) is 5.32 Å². The van der Waals surface area contributed by atoms with Gasteiger partial charge >= 0.3 is 18.1 Å². The van der Waals surface area contributed by atoms with Crippen LogP contribution in [0.15, 0.2) is 0 Å². The van der Waals surface area contributed by atoms with Crippen LogP contribution in [0.4, 0.5) is 13.2 Å². The average molecular weight is 227 g/mol. The van der Waals surface area contributed by atoms with E-state index in [1.165, 1.54) is 0 Å². The first-order chi connectivity index (χ1) is 6.73. The zero-order valence-corrected chi connectivity index (χ0v) is 8.35. The SMILES string of the molecule is CC(C)OC(=O)CCNC(=O)C(F)(F)F. The lowest BCUT2D eigenvalue weighted by molar-refractivity contribution is -0.173. The normalized spacial score (nSPS) is 11.3. The molecule has 1 amide bonds. The smallest absolute Gasteiger partial charge is 0.463 e. The number of halogens is 3. The molecule has 0 fully saturated rings. The van der Waals surface area contributed by atoms with Gasteiger partial charge in [-0.15, -0.1) is 0 Å². The van der Waals surface area contributed by atoms with Gasteiger partial charge in [-0.3, -0.25) is 9.59 Å². The van der Waals surface area contributed by atoms with E-state index in [-0.39, 0.29) is 19.1 Å². The quantitative estimate of drug-likeness (QED) is 0.729. The fraction of sp³-hybridized carbons (Fsp3) is 0.750. The summed E-state index contributed by atoms with van der Waals surface area (Å²) in [5.74, 6) is -2.70. The summed E-state index contributed by atoms with van der Waals surface area (Å²) in [6, 6.07) is 0. The Labute approximate surface area is 84.8 Å². The van der Waals surface area contributed by atoms with Crippen LogP contribution in [0.5, 0.6) is 0 Å². The molecule has 0 aliphatic rings. The molecule has 0 atom stereocenters. The maximum absolute atomic E-state index is 11.7. The second-order valence-corrected chi connectivity index (χ2v) is 3.04. The van der Waals surface area contributed by atoms with Crippen molar-refractivity contribution in [2.45, 2.75) is 32.5 Å². The van der Waals surface area contributed by atoms with Crippen molar-refractivity contribution in [2.24, 2.45) is 0 Å².